The number of rotatable bonds is 1. The fourth-order valence-corrected chi connectivity index (χ4v) is 3.27. The lowest BCUT2D eigenvalue weighted by Crippen LogP contribution is -2.24. The molecule has 0 saturated heterocycles. The average Bonchev–Trinajstić information content (AvgIpc) is 2.48. The molecule has 3 nitrogen and oxygen atoms in total. The summed E-state index contributed by atoms with van der Waals surface area (Å²) < 4.78 is 2.19. The fourth-order valence-electron chi connectivity index (χ4n) is 3.27. The highest BCUT2D eigenvalue weighted by Gasteiger charge is 2.26. The molecule has 1 aromatic rings. The van der Waals surface area contributed by atoms with Crippen LogP contribution in [0.3, 0.4) is 0 Å². The molecule has 1 heterocycles. The van der Waals surface area contributed by atoms with E-state index in [-0.39, 0.29) is 5.54 Å². The third kappa shape index (κ3) is 2.55. The Labute approximate surface area is 111 Å². The molecule has 3 heteroatoms. The van der Waals surface area contributed by atoms with Crippen molar-refractivity contribution in [2.24, 2.45) is 0 Å². The van der Waals surface area contributed by atoms with Crippen LogP contribution >= 0.6 is 0 Å². The minimum Gasteiger partial charge on any atom is -0.384 e. The van der Waals surface area contributed by atoms with E-state index in [9.17, 15) is 0 Å². The van der Waals surface area contributed by atoms with Gasteiger partial charge in [0.1, 0.15) is 11.6 Å². The number of nitrogen functional groups attached to an aromatic ring is 1. The Morgan fingerprint density at radius 2 is 1.67 bits per heavy atom. The number of anilines is 1. The highest BCUT2D eigenvalue weighted by atomic mass is 15.2. The van der Waals surface area contributed by atoms with Crippen LogP contribution < -0.4 is 5.73 Å². The third-order valence-electron chi connectivity index (χ3n) is 4.02. The molecule has 1 aliphatic rings. The Morgan fingerprint density at radius 3 is 2.11 bits per heavy atom. The van der Waals surface area contributed by atoms with Crippen LogP contribution in [0.15, 0.2) is 0 Å². The molecule has 2 rings (SSSR count). The van der Waals surface area contributed by atoms with E-state index in [0.717, 1.165) is 17.3 Å². The molecule has 18 heavy (non-hydrogen) atoms. The van der Waals surface area contributed by atoms with Crippen LogP contribution in [0.2, 0.25) is 0 Å². The molecule has 1 aliphatic carbocycles. The van der Waals surface area contributed by atoms with E-state index in [1.807, 2.05) is 0 Å². The summed E-state index contributed by atoms with van der Waals surface area (Å²) in [5.74, 6) is 2.53. The average molecular weight is 249 g/mol. The SMILES string of the molecule is Cc1nc(C2CCCCCC2)c(N)n1C(C)(C)C. The molecule has 0 atom stereocenters. The van der Waals surface area contributed by atoms with Crippen molar-refractivity contribution in [1.29, 1.82) is 0 Å². The molecular formula is C15H27N3. The van der Waals surface area contributed by atoms with Gasteiger partial charge >= 0.3 is 0 Å². The van der Waals surface area contributed by atoms with Crippen LogP contribution in [-0.2, 0) is 5.54 Å². The van der Waals surface area contributed by atoms with Gasteiger partial charge in [0.15, 0.2) is 0 Å². The van der Waals surface area contributed by atoms with Gasteiger partial charge in [-0.1, -0.05) is 25.7 Å². The zero-order chi connectivity index (χ0) is 13.3. The summed E-state index contributed by atoms with van der Waals surface area (Å²) in [6.07, 6.45) is 7.90. The van der Waals surface area contributed by atoms with Gasteiger partial charge in [0.05, 0.1) is 5.69 Å². The molecule has 0 aliphatic heterocycles. The smallest absolute Gasteiger partial charge is 0.127 e. The first-order chi connectivity index (χ1) is 8.41. The van der Waals surface area contributed by atoms with Crippen molar-refractivity contribution < 1.29 is 0 Å². The summed E-state index contributed by atoms with van der Waals surface area (Å²) >= 11 is 0. The molecule has 0 spiro atoms. The highest BCUT2D eigenvalue weighted by molar-refractivity contribution is 5.41. The third-order valence-corrected chi connectivity index (χ3v) is 4.02. The maximum atomic E-state index is 6.37. The number of imidazole rings is 1. The second kappa shape index (κ2) is 4.94. The van der Waals surface area contributed by atoms with Gasteiger partial charge in [-0.25, -0.2) is 4.98 Å². The number of hydrogen-bond acceptors (Lipinski definition) is 2. The molecule has 1 aromatic heterocycles. The van der Waals surface area contributed by atoms with Crippen molar-refractivity contribution >= 4 is 5.82 Å². The van der Waals surface area contributed by atoms with Gasteiger partial charge < -0.3 is 10.3 Å². The summed E-state index contributed by atoms with van der Waals surface area (Å²) in [5, 5.41) is 0. The van der Waals surface area contributed by atoms with Gasteiger partial charge in [-0.3, -0.25) is 0 Å². The van der Waals surface area contributed by atoms with Crippen LogP contribution in [0.4, 0.5) is 5.82 Å². The molecule has 102 valence electrons. The van der Waals surface area contributed by atoms with E-state index in [0.29, 0.717) is 5.92 Å². The summed E-state index contributed by atoms with van der Waals surface area (Å²) in [5.41, 5.74) is 7.55. The number of aryl methyl sites for hydroxylation is 1. The molecular weight excluding hydrogens is 222 g/mol. The predicted octanol–water partition coefficient (Wildman–Crippen LogP) is 3.97. The molecule has 1 saturated carbocycles. The molecule has 0 bridgehead atoms. The maximum absolute atomic E-state index is 6.37. The topological polar surface area (TPSA) is 43.8 Å². The van der Waals surface area contributed by atoms with E-state index in [1.54, 1.807) is 0 Å². The predicted molar refractivity (Wildman–Crippen MR) is 76.8 cm³/mol. The van der Waals surface area contributed by atoms with Crippen LogP contribution in [0.25, 0.3) is 0 Å². The minimum atomic E-state index is 0.0180. The summed E-state index contributed by atoms with van der Waals surface area (Å²) in [7, 11) is 0. The first-order valence-corrected chi connectivity index (χ1v) is 7.26. The van der Waals surface area contributed by atoms with Crippen molar-refractivity contribution in [3.8, 4) is 0 Å². The van der Waals surface area contributed by atoms with Crippen molar-refractivity contribution in [1.82, 2.24) is 9.55 Å². The molecule has 2 N–H and O–H groups in total. The molecule has 1 fully saturated rings. The second-order valence-electron chi connectivity index (χ2n) is 6.62. The zero-order valence-corrected chi connectivity index (χ0v) is 12.3. The van der Waals surface area contributed by atoms with Gasteiger partial charge in [-0.05, 0) is 40.5 Å². The van der Waals surface area contributed by atoms with Crippen molar-refractivity contribution in [2.45, 2.75) is 77.7 Å². The minimum absolute atomic E-state index is 0.0180. The quantitative estimate of drug-likeness (QED) is 0.765. The van der Waals surface area contributed by atoms with E-state index in [1.165, 1.54) is 38.5 Å². The largest absolute Gasteiger partial charge is 0.384 e. The van der Waals surface area contributed by atoms with Gasteiger partial charge in [-0.2, -0.15) is 0 Å². The van der Waals surface area contributed by atoms with Crippen molar-refractivity contribution in [3.05, 3.63) is 11.5 Å². The number of nitrogens with zero attached hydrogens (tertiary/aromatic N) is 2. The van der Waals surface area contributed by atoms with Crippen LogP contribution in [0.5, 0.6) is 0 Å². The van der Waals surface area contributed by atoms with E-state index in [4.69, 9.17) is 10.7 Å². The Balaban J connectivity index is 2.34. The Kier molecular flexibility index (Phi) is 3.69. The van der Waals surface area contributed by atoms with Crippen molar-refractivity contribution in [3.63, 3.8) is 0 Å². The number of nitrogens with two attached hydrogens (primary N) is 1. The second-order valence-corrected chi connectivity index (χ2v) is 6.62. The summed E-state index contributed by atoms with van der Waals surface area (Å²) in [4.78, 5) is 4.78. The highest BCUT2D eigenvalue weighted by Crippen LogP contribution is 2.36. The van der Waals surface area contributed by atoms with Gasteiger partial charge in [0.25, 0.3) is 0 Å². The maximum Gasteiger partial charge on any atom is 0.127 e. The summed E-state index contributed by atoms with van der Waals surface area (Å²) in [6.45, 7) is 8.64. The van der Waals surface area contributed by atoms with E-state index >= 15 is 0 Å². The van der Waals surface area contributed by atoms with Crippen molar-refractivity contribution in [2.75, 3.05) is 5.73 Å². The molecule has 0 unspecified atom stereocenters. The van der Waals surface area contributed by atoms with Crippen LogP contribution in [-0.4, -0.2) is 9.55 Å². The summed E-state index contributed by atoms with van der Waals surface area (Å²) in [6, 6.07) is 0. The zero-order valence-electron chi connectivity index (χ0n) is 12.3. The van der Waals surface area contributed by atoms with Gasteiger partial charge in [0, 0.05) is 11.5 Å². The van der Waals surface area contributed by atoms with E-state index in [2.05, 4.69) is 32.3 Å². The fraction of sp³-hybridized carbons (Fsp3) is 0.800. The first kappa shape index (κ1) is 13.4. The van der Waals surface area contributed by atoms with Crippen LogP contribution in [0.1, 0.15) is 76.7 Å². The first-order valence-electron chi connectivity index (χ1n) is 7.26. The number of aromatic nitrogens is 2. The lowest BCUT2D eigenvalue weighted by molar-refractivity contribution is 0.393. The van der Waals surface area contributed by atoms with Gasteiger partial charge in [-0.15, -0.1) is 0 Å². The monoisotopic (exact) mass is 249 g/mol. The lowest BCUT2D eigenvalue weighted by Gasteiger charge is -2.24. The van der Waals surface area contributed by atoms with Gasteiger partial charge in [0.2, 0.25) is 0 Å². The Bertz CT molecular complexity index is 404. The normalized spacial score (nSPS) is 18.9. The molecule has 0 amide bonds. The number of hydrogen-bond donors (Lipinski definition) is 1. The molecule has 0 aromatic carbocycles. The van der Waals surface area contributed by atoms with E-state index < -0.39 is 0 Å². The standard InChI is InChI=1S/C15H27N3/c1-11-17-13(12-9-7-5-6-8-10-12)14(16)18(11)15(2,3)4/h12H,5-10,16H2,1-4H3. The lowest BCUT2D eigenvalue weighted by atomic mass is 9.96. The Hall–Kier alpha value is -0.990. The Morgan fingerprint density at radius 1 is 1.11 bits per heavy atom. The van der Waals surface area contributed by atoms with Crippen LogP contribution in [0, 0.1) is 6.92 Å². The molecule has 0 radical (unpaired) electrons.